The summed E-state index contributed by atoms with van der Waals surface area (Å²) in [6.07, 6.45) is 1.78. The van der Waals surface area contributed by atoms with Crippen LogP contribution in [0, 0.1) is 0 Å². The van der Waals surface area contributed by atoms with E-state index in [0.717, 1.165) is 62.8 Å². The molecule has 0 aliphatic carbocycles. The minimum atomic E-state index is -0.164. The summed E-state index contributed by atoms with van der Waals surface area (Å²) in [6, 6.07) is 13.0. The van der Waals surface area contributed by atoms with Gasteiger partial charge in [-0.1, -0.05) is 12.1 Å². The van der Waals surface area contributed by atoms with Crippen LogP contribution in [0.25, 0.3) is 0 Å². The fourth-order valence-corrected chi connectivity index (χ4v) is 4.31. The van der Waals surface area contributed by atoms with Crippen LogP contribution in [0.15, 0.2) is 42.5 Å². The number of anilines is 1. The van der Waals surface area contributed by atoms with E-state index in [1.807, 2.05) is 12.1 Å². The number of nitrogens with zero attached hydrogens (tertiary/aromatic N) is 3. The van der Waals surface area contributed by atoms with E-state index in [9.17, 15) is 9.59 Å². The molecule has 0 spiro atoms. The Hall–Kier alpha value is -3.06. The molecule has 1 saturated heterocycles. The van der Waals surface area contributed by atoms with Crippen molar-refractivity contribution in [3.8, 4) is 11.5 Å². The lowest BCUT2D eigenvalue weighted by Gasteiger charge is -2.36. The molecule has 0 aromatic heterocycles. The molecule has 2 aromatic carbocycles. The number of benzene rings is 2. The summed E-state index contributed by atoms with van der Waals surface area (Å²) in [4.78, 5) is 31.0. The van der Waals surface area contributed by atoms with Crippen LogP contribution in [-0.4, -0.2) is 75.1 Å². The Balaban J connectivity index is 1.22. The van der Waals surface area contributed by atoms with Gasteiger partial charge < -0.3 is 14.4 Å². The minimum absolute atomic E-state index is 0.164. The Morgan fingerprint density at radius 2 is 1.45 bits per heavy atom. The second-order valence-corrected chi connectivity index (χ2v) is 7.88. The van der Waals surface area contributed by atoms with Crippen LogP contribution in [0.4, 0.5) is 5.69 Å². The molecule has 2 heterocycles. The van der Waals surface area contributed by atoms with E-state index in [1.54, 1.807) is 38.5 Å². The predicted octanol–water partition coefficient (Wildman–Crippen LogP) is 2.90. The summed E-state index contributed by atoms with van der Waals surface area (Å²) in [5.41, 5.74) is 2.14. The van der Waals surface area contributed by atoms with E-state index >= 15 is 0 Å². The standard InChI is InChI=1S/C24H29N3O4/c1-30-18-9-10-21(22(17-18)31-2)26-15-13-25(14-16-26)11-5-6-12-27-23(28)19-7-3-4-8-20(19)24(27)29/h3-4,7-10,17H,5-6,11-16H2,1-2H3. The number of rotatable bonds is 8. The van der Waals surface area contributed by atoms with Crippen LogP contribution in [0.1, 0.15) is 33.6 Å². The summed E-state index contributed by atoms with van der Waals surface area (Å²) < 4.78 is 10.8. The fraction of sp³-hybridized carbons (Fsp3) is 0.417. The summed E-state index contributed by atoms with van der Waals surface area (Å²) >= 11 is 0. The van der Waals surface area contributed by atoms with Gasteiger partial charge in [0.2, 0.25) is 0 Å². The molecule has 0 saturated carbocycles. The van der Waals surface area contributed by atoms with Gasteiger partial charge in [0.15, 0.2) is 0 Å². The van der Waals surface area contributed by atoms with Gasteiger partial charge in [0.25, 0.3) is 11.8 Å². The van der Waals surface area contributed by atoms with Gasteiger partial charge >= 0.3 is 0 Å². The number of carbonyl (C=O) groups excluding carboxylic acids is 2. The van der Waals surface area contributed by atoms with Gasteiger partial charge in [0.05, 0.1) is 31.0 Å². The van der Waals surface area contributed by atoms with Crippen LogP contribution in [0.5, 0.6) is 11.5 Å². The molecule has 2 aliphatic rings. The first-order valence-corrected chi connectivity index (χ1v) is 10.8. The number of fused-ring (bicyclic) bond motifs is 1. The van der Waals surface area contributed by atoms with E-state index in [0.29, 0.717) is 17.7 Å². The summed E-state index contributed by atoms with van der Waals surface area (Å²) in [6.45, 7) is 5.26. The fourth-order valence-electron chi connectivity index (χ4n) is 4.31. The number of hydrogen-bond donors (Lipinski definition) is 0. The van der Waals surface area contributed by atoms with Crippen LogP contribution in [0.3, 0.4) is 0 Å². The molecular formula is C24H29N3O4. The summed E-state index contributed by atoms with van der Waals surface area (Å²) in [7, 11) is 3.34. The van der Waals surface area contributed by atoms with E-state index in [2.05, 4.69) is 15.9 Å². The Morgan fingerprint density at radius 3 is 2.06 bits per heavy atom. The first kappa shape index (κ1) is 21.2. The number of carbonyl (C=O) groups is 2. The molecule has 7 heteroatoms. The van der Waals surface area contributed by atoms with Gasteiger partial charge in [-0.05, 0) is 43.7 Å². The minimum Gasteiger partial charge on any atom is -0.497 e. The van der Waals surface area contributed by atoms with E-state index in [1.165, 1.54) is 4.90 Å². The highest BCUT2D eigenvalue weighted by molar-refractivity contribution is 6.21. The molecule has 2 aromatic rings. The van der Waals surface area contributed by atoms with Crippen molar-refractivity contribution >= 4 is 17.5 Å². The van der Waals surface area contributed by atoms with Crippen molar-refractivity contribution in [3.63, 3.8) is 0 Å². The van der Waals surface area contributed by atoms with Gasteiger partial charge in [-0.3, -0.25) is 19.4 Å². The van der Waals surface area contributed by atoms with Crippen LogP contribution in [-0.2, 0) is 0 Å². The van der Waals surface area contributed by atoms with Crippen molar-refractivity contribution < 1.29 is 19.1 Å². The van der Waals surface area contributed by atoms with Crippen LogP contribution in [0.2, 0.25) is 0 Å². The van der Waals surface area contributed by atoms with Crippen molar-refractivity contribution in [1.82, 2.24) is 9.80 Å². The lowest BCUT2D eigenvalue weighted by Crippen LogP contribution is -2.46. The zero-order chi connectivity index (χ0) is 21.8. The van der Waals surface area contributed by atoms with Gasteiger partial charge in [-0.2, -0.15) is 0 Å². The topological polar surface area (TPSA) is 62.3 Å². The SMILES string of the molecule is COc1ccc(N2CCN(CCCCN3C(=O)c4ccccc4C3=O)CC2)c(OC)c1. The average Bonchev–Trinajstić information content (AvgIpc) is 3.06. The third-order valence-electron chi connectivity index (χ3n) is 6.08. The molecule has 164 valence electrons. The number of piperazine rings is 1. The lowest BCUT2D eigenvalue weighted by atomic mass is 10.1. The first-order valence-electron chi connectivity index (χ1n) is 10.8. The molecule has 2 aliphatic heterocycles. The molecule has 0 bridgehead atoms. The second-order valence-electron chi connectivity index (χ2n) is 7.88. The number of methoxy groups -OCH3 is 2. The quantitative estimate of drug-likeness (QED) is 0.481. The van der Waals surface area contributed by atoms with Gasteiger partial charge in [0, 0.05) is 38.8 Å². The van der Waals surface area contributed by atoms with E-state index < -0.39 is 0 Å². The van der Waals surface area contributed by atoms with Crippen molar-refractivity contribution in [3.05, 3.63) is 53.6 Å². The molecule has 1 fully saturated rings. The predicted molar refractivity (Wildman–Crippen MR) is 119 cm³/mol. The van der Waals surface area contributed by atoms with Gasteiger partial charge in [0.1, 0.15) is 11.5 Å². The second kappa shape index (κ2) is 9.39. The molecule has 0 unspecified atom stereocenters. The third-order valence-corrected chi connectivity index (χ3v) is 6.08. The normalized spacial score (nSPS) is 16.6. The van der Waals surface area contributed by atoms with Crippen LogP contribution >= 0.6 is 0 Å². The number of imide groups is 1. The Kier molecular flexibility index (Phi) is 6.42. The monoisotopic (exact) mass is 423 g/mol. The molecule has 2 amide bonds. The van der Waals surface area contributed by atoms with Crippen molar-refractivity contribution in [2.24, 2.45) is 0 Å². The number of amides is 2. The van der Waals surface area contributed by atoms with Gasteiger partial charge in [-0.25, -0.2) is 0 Å². The van der Waals surface area contributed by atoms with E-state index in [4.69, 9.17) is 9.47 Å². The number of ether oxygens (including phenoxy) is 2. The zero-order valence-corrected chi connectivity index (χ0v) is 18.2. The summed E-state index contributed by atoms with van der Waals surface area (Å²) in [5, 5.41) is 0. The number of hydrogen-bond acceptors (Lipinski definition) is 6. The zero-order valence-electron chi connectivity index (χ0n) is 18.2. The van der Waals surface area contributed by atoms with Crippen molar-refractivity contribution in [2.75, 3.05) is 58.4 Å². The highest BCUT2D eigenvalue weighted by atomic mass is 16.5. The molecule has 0 radical (unpaired) electrons. The van der Waals surface area contributed by atoms with Crippen LogP contribution < -0.4 is 14.4 Å². The lowest BCUT2D eigenvalue weighted by molar-refractivity contribution is 0.0650. The van der Waals surface area contributed by atoms with Crippen molar-refractivity contribution in [2.45, 2.75) is 12.8 Å². The molecule has 31 heavy (non-hydrogen) atoms. The smallest absolute Gasteiger partial charge is 0.261 e. The molecule has 0 atom stereocenters. The maximum Gasteiger partial charge on any atom is 0.261 e. The molecular weight excluding hydrogens is 394 g/mol. The Bertz CT molecular complexity index is 919. The maximum absolute atomic E-state index is 12.4. The summed E-state index contributed by atoms with van der Waals surface area (Å²) in [5.74, 6) is 1.29. The van der Waals surface area contributed by atoms with Gasteiger partial charge in [-0.15, -0.1) is 0 Å². The average molecular weight is 424 g/mol. The van der Waals surface area contributed by atoms with Crippen molar-refractivity contribution in [1.29, 1.82) is 0 Å². The molecule has 0 N–H and O–H groups in total. The highest BCUT2D eigenvalue weighted by Crippen LogP contribution is 2.32. The number of unbranched alkanes of at least 4 members (excludes halogenated alkanes) is 1. The maximum atomic E-state index is 12.4. The highest BCUT2D eigenvalue weighted by Gasteiger charge is 2.34. The largest absolute Gasteiger partial charge is 0.497 e. The molecule has 4 rings (SSSR count). The Morgan fingerprint density at radius 1 is 0.806 bits per heavy atom. The van der Waals surface area contributed by atoms with E-state index in [-0.39, 0.29) is 11.8 Å². The third kappa shape index (κ3) is 4.37. The first-order chi connectivity index (χ1) is 15.1. The Labute approximate surface area is 183 Å². The molecule has 7 nitrogen and oxygen atoms in total.